The summed E-state index contributed by atoms with van der Waals surface area (Å²) < 4.78 is 0. The Bertz CT molecular complexity index is 2090. The lowest BCUT2D eigenvalue weighted by atomic mass is 9.96. The zero-order chi connectivity index (χ0) is 50.4. The molecule has 11 amide bonds. The first-order chi connectivity index (χ1) is 31.5. The molecule has 0 unspecified atom stereocenters. The van der Waals surface area contributed by atoms with Crippen molar-refractivity contribution in [3.8, 4) is 11.5 Å². The highest BCUT2D eigenvalue weighted by Gasteiger charge is 2.35. The molecule has 2 aromatic rings. The van der Waals surface area contributed by atoms with Gasteiger partial charge in [0.1, 0.15) is 41.7 Å². The molecule has 0 aliphatic rings. The second-order valence-corrected chi connectivity index (χ2v) is 15.6. The van der Waals surface area contributed by atoms with Crippen LogP contribution in [0.1, 0.15) is 50.7 Å². The fraction of sp³-hybridized carbons (Fsp3) is 0.452. The highest BCUT2D eigenvalue weighted by molar-refractivity contribution is 5.98. The van der Waals surface area contributed by atoms with Crippen LogP contribution in [0.4, 0.5) is 0 Å². The van der Waals surface area contributed by atoms with Gasteiger partial charge < -0.3 is 75.3 Å². The molecule has 0 spiro atoms. The van der Waals surface area contributed by atoms with E-state index in [0.29, 0.717) is 17.5 Å². The molecular weight excluding hydrogens is 881 g/mol. The number of aromatic hydroxyl groups is 2. The molecule has 0 heterocycles. The largest absolute Gasteiger partial charge is 0.508 e. The van der Waals surface area contributed by atoms with Gasteiger partial charge in [0.05, 0.1) is 25.6 Å². The van der Waals surface area contributed by atoms with E-state index in [1.54, 1.807) is 26.0 Å². The third kappa shape index (κ3) is 19.8. The van der Waals surface area contributed by atoms with Crippen LogP contribution < -0.4 is 60.2 Å². The van der Waals surface area contributed by atoms with E-state index in [9.17, 15) is 63.0 Å². The minimum Gasteiger partial charge on any atom is -0.508 e. The fourth-order valence-electron chi connectivity index (χ4n) is 6.25. The maximum absolute atomic E-state index is 13.8. The number of nitrogens with zero attached hydrogens (tertiary/aromatic N) is 1. The predicted octanol–water partition coefficient (Wildman–Crippen LogP) is -5.37. The molecular formula is C42H60N12O13. The number of hydrogen-bond donors (Lipinski definition) is 13. The number of carbonyl (C=O) groups is 11. The maximum Gasteiger partial charge on any atom is 0.247 e. The Morgan fingerprint density at radius 1 is 0.657 bits per heavy atom. The third-order valence-corrected chi connectivity index (χ3v) is 10.1. The first kappa shape index (κ1) is 55.3. The number of benzene rings is 2. The van der Waals surface area contributed by atoms with Gasteiger partial charge in [-0.05, 0) is 54.2 Å². The van der Waals surface area contributed by atoms with E-state index in [1.807, 2.05) is 0 Å². The summed E-state index contributed by atoms with van der Waals surface area (Å²) in [4.78, 5) is 142. The number of phenols is 2. The van der Waals surface area contributed by atoms with E-state index < -0.39 is 140 Å². The van der Waals surface area contributed by atoms with Gasteiger partial charge in [0.15, 0.2) is 0 Å². The van der Waals surface area contributed by atoms with Gasteiger partial charge in [-0.1, -0.05) is 44.5 Å². The van der Waals surface area contributed by atoms with Gasteiger partial charge in [0.25, 0.3) is 0 Å². The monoisotopic (exact) mass is 940 g/mol. The van der Waals surface area contributed by atoms with Crippen molar-refractivity contribution >= 4 is 65.5 Å². The number of nitrogens with one attached hydrogen (secondary N) is 7. The Morgan fingerprint density at radius 2 is 1.19 bits per heavy atom. The molecule has 17 N–H and O–H groups in total. The Hall–Kier alpha value is -7.83. The minimum absolute atomic E-state index is 0.00490. The van der Waals surface area contributed by atoms with Gasteiger partial charge in [-0.3, -0.25) is 52.7 Å². The number of amides is 11. The van der Waals surface area contributed by atoms with E-state index in [4.69, 9.17) is 22.9 Å². The molecule has 0 fully saturated rings. The molecule has 0 aromatic heterocycles. The molecule has 0 aliphatic heterocycles. The molecule has 366 valence electrons. The van der Waals surface area contributed by atoms with Crippen molar-refractivity contribution in [1.82, 2.24) is 42.1 Å². The molecule has 25 nitrogen and oxygen atoms in total. The van der Waals surface area contributed by atoms with Gasteiger partial charge in [-0.15, -0.1) is 0 Å². The van der Waals surface area contributed by atoms with Crippen LogP contribution in [0.2, 0.25) is 0 Å². The normalized spacial score (nSPS) is 13.9. The number of phenolic OH excluding ortho intramolecular Hbond substituents is 2. The molecule has 2 aromatic carbocycles. The van der Waals surface area contributed by atoms with Crippen molar-refractivity contribution in [2.24, 2.45) is 28.9 Å². The van der Waals surface area contributed by atoms with Gasteiger partial charge in [0, 0.05) is 26.4 Å². The van der Waals surface area contributed by atoms with Gasteiger partial charge in [0.2, 0.25) is 65.5 Å². The zero-order valence-electron chi connectivity index (χ0n) is 37.2. The van der Waals surface area contributed by atoms with Crippen molar-refractivity contribution in [3.63, 3.8) is 0 Å². The summed E-state index contributed by atoms with van der Waals surface area (Å²) in [6.45, 7) is 1.52. The molecule has 0 radical (unpaired) electrons. The average Bonchev–Trinajstić information content (AvgIpc) is 3.27. The summed E-state index contributed by atoms with van der Waals surface area (Å²) in [5.41, 5.74) is 23.1. The third-order valence-electron chi connectivity index (χ3n) is 10.1. The molecule has 0 saturated carbocycles. The summed E-state index contributed by atoms with van der Waals surface area (Å²) in [5, 5.41) is 35.8. The number of carbonyl (C=O) groups excluding carboxylic acids is 11. The summed E-state index contributed by atoms with van der Waals surface area (Å²) in [7, 11) is 1.15. The van der Waals surface area contributed by atoms with Crippen molar-refractivity contribution in [3.05, 3.63) is 59.7 Å². The van der Waals surface area contributed by atoms with Crippen LogP contribution in [0.3, 0.4) is 0 Å². The van der Waals surface area contributed by atoms with Crippen molar-refractivity contribution in [1.29, 1.82) is 0 Å². The highest BCUT2D eigenvalue weighted by atomic mass is 16.3. The quantitative estimate of drug-likeness (QED) is 0.0339. The molecule has 0 saturated heterocycles. The molecule has 0 bridgehead atoms. The van der Waals surface area contributed by atoms with Gasteiger partial charge in [-0.2, -0.15) is 0 Å². The Kier molecular flexibility index (Phi) is 22.7. The van der Waals surface area contributed by atoms with E-state index >= 15 is 0 Å². The van der Waals surface area contributed by atoms with E-state index in [-0.39, 0.29) is 30.8 Å². The predicted molar refractivity (Wildman–Crippen MR) is 237 cm³/mol. The first-order valence-corrected chi connectivity index (χ1v) is 20.9. The topological polar surface area (TPSA) is 420 Å². The van der Waals surface area contributed by atoms with Crippen molar-refractivity contribution in [2.45, 2.75) is 88.6 Å². The second-order valence-electron chi connectivity index (χ2n) is 15.6. The average molecular weight is 941 g/mol. The van der Waals surface area contributed by atoms with E-state index in [1.165, 1.54) is 36.4 Å². The smallest absolute Gasteiger partial charge is 0.247 e. The Labute approximate surface area is 385 Å². The lowest BCUT2D eigenvalue weighted by Gasteiger charge is -2.29. The Morgan fingerprint density at radius 3 is 1.72 bits per heavy atom. The number of primary amides is 3. The summed E-state index contributed by atoms with van der Waals surface area (Å²) in [6.07, 6.45) is -1.25. The number of rotatable bonds is 29. The molecule has 25 heteroatoms. The number of likely N-dealkylation sites (N-methyl/N-ethyl adjacent to an activating group) is 1. The summed E-state index contributed by atoms with van der Waals surface area (Å²) in [5.74, 6) is -10.0. The Balaban J connectivity index is 2.28. The van der Waals surface area contributed by atoms with Crippen LogP contribution in [0, 0.1) is 5.92 Å². The highest BCUT2D eigenvalue weighted by Crippen LogP contribution is 2.14. The van der Waals surface area contributed by atoms with Gasteiger partial charge in [-0.25, -0.2) is 0 Å². The first-order valence-electron chi connectivity index (χ1n) is 20.9. The van der Waals surface area contributed by atoms with Crippen LogP contribution in [-0.4, -0.2) is 144 Å². The van der Waals surface area contributed by atoms with Crippen LogP contribution in [0.15, 0.2) is 48.5 Å². The molecule has 67 heavy (non-hydrogen) atoms. The van der Waals surface area contributed by atoms with E-state index in [2.05, 4.69) is 37.2 Å². The summed E-state index contributed by atoms with van der Waals surface area (Å²) >= 11 is 0. The standard InChI is InChI=1S/C42H60N12O13/c1-4-22(2)36(53-37(62)27(43)15-23-5-9-25(56)10-6-23)41(66)50-28(13-14-32(44)58)39(64)51-30(17-33(45)59)40(65)52-31(18-47-21-55)42(67)54(3)20-35(61)49-29(38(63)48-19-34(46)60)16-24-7-11-26(57)12-8-24/h5-12,21-22,27-31,36,56-57H,4,13-20,43H2,1-3H3,(H2,44,58)(H2,45,59)(H2,46,60)(H,47,55)(H,48,63)(H,49,61)(H,50,66)(H,51,64)(H,52,65)(H,53,62)/t22-,27-,28-,29-,30-,31-,36-/m0/s1. The van der Waals surface area contributed by atoms with Crippen molar-refractivity contribution < 1.29 is 63.0 Å². The fourth-order valence-corrected chi connectivity index (χ4v) is 6.25. The van der Waals surface area contributed by atoms with Crippen LogP contribution >= 0.6 is 0 Å². The van der Waals surface area contributed by atoms with Gasteiger partial charge >= 0.3 is 0 Å². The second kappa shape index (κ2) is 27.5. The lowest BCUT2D eigenvalue weighted by molar-refractivity contribution is -0.140. The van der Waals surface area contributed by atoms with Crippen LogP contribution in [-0.2, 0) is 65.6 Å². The van der Waals surface area contributed by atoms with Crippen molar-refractivity contribution in [2.75, 3.05) is 26.7 Å². The molecule has 7 atom stereocenters. The summed E-state index contributed by atoms with van der Waals surface area (Å²) in [6, 6.07) is 2.82. The van der Waals surface area contributed by atoms with Crippen LogP contribution in [0.5, 0.6) is 11.5 Å². The molecule has 0 aliphatic carbocycles. The molecule has 2 rings (SSSR count). The minimum atomic E-state index is -1.83. The number of nitrogens with two attached hydrogens (primary N) is 4. The van der Waals surface area contributed by atoms with E-state index in [0.717, 1.165) is 11.9 Å². The number of hydrogen-bond acceptors (Lipinski definition) is 14. The SMILES string of the molecule is CC[C@H](C)[C@H](NC(=O)[C@@H](N)Cc1ccc(O)cc1)C(=O)N[C@@H](CCC(N)=O)C(=O)N[C@@H](CC(N)=O)C(=O)N[C@@H](CNC=O)C(=O)N(C)CC(=O)N[C@@H](Cc1ccc(O)cc1)C(=O)NCC(N)=O. The zero-order valence-corrected chi connectivity index (χ0v) is 37.2. The van der Waals surface area contributed by atoms with Crippen LogP contribution in [0.25, 0.3) is 0 Å². The maximum atomic E-state index is 13.8. The lowest BCUT2D eigenvalue weighted by Crippen LogP contribution is -2.61.